The van der Waals surface area contributed by atoms with E-state index in [9.17, 15) is 0 Å². The Morgan fingerprint density at radius 2 is 1.51 bits per heavy atom. The maximum Gasteiger partial charge on any atom is -1.00 e. The van der Waals surface area contributed by atoms with Gasteiger partial charge in [0.1, 0.15) is 0 Å². The molecule has 209 valence electrons. The zero-order chi connectivity index (χ0) is 27.5. The molecule has 3 heterocycles. The maximum atomic E-state index is 2.52. The molecule has 4 aromatic rings. The van der Waals surface area contributed by atoms with Gasteiger partial charge in [0.25, 0.3) is 0 Å². The second-order valence-corrected chi connectivity index (χ2v) is 18.0. The van der Waals surface area contributed by atoms with Crippen LogP contribution in [0.5, 0.6) is 0 Å². The van der Waals surface area contributed by atoms with Gasteiger partial charge in [-0.3, -0.25) is 0 Å². The van der Waals surface area contributed by atoms with E-state index in [0.717, 1.165) is 5.54 Å². The molecule has 0 amide bonds. The molecule has 41 heavy (non-hydrogen) atoms. The summed E-state index contributed by atoms with van der Waals surface area (Å²) in [6, 6.07) is 29.1. The molecule has 2 aliphatic heterocycles. The quantitative estimate of drug-likeness (QED) is 0.291. The third kappa shape index (κ3) is 5.27. The Balaban J connectivity index is 0.000000180. The number of rotatable bonds is 4. The normalized spacial score (nSPS) is 18.7. The van der Waals surface area contributed by atoms with Crippen LogP contribution in [0.1, 0.15) is 70.0 Å². The third-order valence-corrected chi connectivity index (χ3v) is 15.0. The number of hydrogen-bond donors (Lipinski definition) is 0. The second kappa shape index (κ2) is 12.4. The number of fused-ring (bicyclic) bond motifs is 1. The molecule has 2 unspecified atom stereocenters. The molecule has 2 bridgehead atoms. The van der Waals surface area contributed by atoms with Gasteiger partial charge in [0.15, 0.2) is 0 Å². The van der Waals surface area contributed by atoms with Gasteiger partial charge in [0.2, 0.25) is 0 Å². The summed E-state index contributed by atoms with van der Waals surface area (Å²) in [5.74, 6) is 0. The SMILES string of the molecule is CC1=C2c3c(cc(C)n3-c3ccccc3)C1[Si]2(C)C.CCCc1ccc(-c2cccc3c2C=C(C)[CH]3[Zr+2])cc1.[Cl-].[Cl-]. The Morgan fingerprint density at radius 1 is 0.829 bits per heavy atom. The van der Waals surface area contributed by atoms with Crippen LogP contribution in [0.2, 0.25) is 13.1 Å². The van der Waals surface area contributed by atoms with Crippen molar-refractivity contribution in [1.29, 1.82) is 0 Å². The smallest absolute Gasteiger partial charge is 1.00 e. The van der Waals surface area contributed by atoms with E-state index in [0.29, 0.717) is 3.63 Å². The third-order valence-electron chi connectivity index (χ3n) is 9.05. The fraction of sp³-hybridized carbons (Fsp3) is 0.278. The van der Waals surface area contributed by atoms with E-state index in [1.165, 1.54) is 63.3 Å². The molecule has 8 rings (SSSR count). The van der Waals surface area contributed by atoms with Crippen LogP contribution < -0.4 is 24.8 Å². The van der Waals surface area contributed by atoms with Crippen LogP contribution in [-0.2, 0) is 31.1 Å². The van der Waals surface area contributed by atoms with Gasteiger partial charge in [-0.1, -0.05) is 36.9 Å². The van der Waals surface area contributed by atoms with Crippen molar-refractivity contribution in [2.45, 2.75) is 62.8 Å². The fourth-order valence-corrected chi connectivity index (χ4v) is 12.5. The second-order valence-electron chi connectivity index (χ2n) is 12.1. The standard InChI is InChI=1S/C19H19.C17H19NSi.2ClH.Zr/c1-3-5-15-8-10-16(11-9-15)18-7-4-6-17-12-14(2)13-19(17)18;1-11-10-14-15(17-12(2)16(14)19(17,3)4)18(11)13-8-6-5-7-9-13;;;/h4,6-13H,3,5H2,1-2H3;5-10,16H,1-4H3;2*1H;/q;;;;+2/p-2. The summed E-state index contributed by atoms with van der Waals surface area (Å²) in [6.07, 6.45) is 4.76. The van der Waals surface area contributed by atoms with E-state index in [4.69, 9.17) is 0 Å². The van der Waals surface area contributed by atoms with Crippen molar-refractivity contribution in [1.82, 2.24) is 4.57 Å². The minimum atomic E-state index is -1.19. The molecule has 1 aromatic heterocycles. The van der Waals surface area contributed by atoms with Crippen molar-refractivity contribution in [3.05, 3.63) is 124 Å². The predicted octanol–water partition coefficient (Wildman–Crippen LogP) is 3.78. The van der Waals surface area contributed by atoms with Crippen molar-refractivity contribution < 1.29 is 49.5 Å². The Labute approximate surface area is 274 Å². The van der Waals surface area contributed by atoms with Gasteiger partial charge in [-0.15, -0.1) is 0 Å². The Bertz CT molecular complexity index is 1630. The van der Waals surface area contributed by atoms with Crippen LogP contribution in [0.3, 0.4) is 0 Å². The average molecular weight is 675 g/mol. The number of hydrogen-bond acceptors (Lipinski definition) is 0. The van der Waals surface area contributed by atoms with E-state index in [1.807, 2.05) is 0 Å². The van der Waals surface area contributed by atoms with Crippen LogP contribution in [0.4, 0.5) is 0 Å². The monoisotopic (exact) mass is 672 g/mol. The van der Waals surface area contributed by atoms with Crippen molar-refractivity contribution in [2.75, 3.05) is 0 Å². The number of benzene rings is 3. The van der Waals surface area contributed by atoms with Gasteiger partial charge < -0.3 is 29.4 Å². The molecule has 0 spiro atoms. The predicted molar refractivity (Wildman–Crippen MR) is 166 cm³/mol. The minimum absolute atomic E-state index is 0. The topological polar surface area (TPSA) is 4.93 Å². The van der Waals surface area contributed by atoms with Crippen molar-refractivity contribution >= 4 is 19.3 Å². The molecule has 2 aliphatic carbocycles. The Kier molecular flexibility index (Phi) is 9.66. The van der Waals surface area contributed by atoms with Crippen molar-refractivity contribution in [3.8, 4) is 16.8 Å². The summed E-state index contributed by atoms with van der Waals surface area (Å²) < 4.78 is 3.12. The number of allylic oxidation sites excluding steroid dienone is 2. The maximum absolute atomic E-state index is 2.52. The number of nitrogens with zero attached hydrogens (tertiary/aromatic N) is 1. The largest absolute Gasteiger partial charge is 1.00 e. The van der Waals surface area contributed by atoms with Crippen LogP contribution in [0.15, 0.2) is 90.0 Å². The summed E-state index contributed by atoms with van der Waals surface area (Å²) in [5, 5.41) is 1.71. The molecule has 2 atom stereocenters. The first kappa shape index (κ1) is 32.0. The number of para-hydroxylation sites is 1. The molecule has 0 radical (unpaired) electrons. The average Bonchev–Trinajstić information content (AvgIpc) is 3.57. The number of aryl methyl sites for hydroxylation is 2. The molecule has 0 N–H and O–H groups in total. The molecule has 1 nitrogen and oxygen atoms in total. The molecular weight excluding hydrogens is 637 g/mol. The van der Waals surface area contributed by atoms with Crippen LogP contribution >= 0.6 is 0 Å². The minimum Gasteiger partial charge on any atom is -1.00 e. The molecule has 5 heteroatoms. The van der Waals surface area contributed by atoms with E-state index in [1.54, 1.807) is 41.1 Å². The van der Waals surface area contributed by atoms with Gasteiger partial charge in [0.05, 0.1) is 8.07 Å². The molecule has 0 saturated carbocycles. The van der Waals surface area contributed by atoms with E-state index >= 15 is 0 Å². The van der Waals surface area contributed by atoms with Crippen LogP contribution in [0.25, 0.3) is 28.1 Å². The first-order valence-corrected chi connectivity index (χ1v) is 18.8. The zero-order valence-corrected chi connectivity index (χ0v) is 29.8. The van der Waals surface area contributed by atoms with Crippen molar-refractivity contribution in [2.24, 2.45) is 0 Å². The Hall–Kier alpha value is -1.90. The number of aromatic nitrogens is 1. The number of halogens is 2. The summed E-state index contributed by atoms with van der Waals surface area (Å²) in [6.45, 7) is 14.1. The summed E-state index contributed by atoms with van der Waals surface area (Å²) in [4.78, 5) is 0. The van der Waals surface area contributed by atoms with Crippen LogP contribution in [-0.4, -0.2) is 12.6 Å². The zero-order valence-electron chi connectivity index (χ0n) is 24.9. The summed E-state index contributed by atoms with van der Waals surface area (Å²) >= 11 is 1.59. The van der Waals surface area contributed by atoms with Crippen molar-refractivity contribution in [3.63, 3.8) is 0 Å². The Morgan fingerprint density at radius 3 is 2.15 bits per heavy atom. The first-order valence-electron chi connectivity index (χ1n) is 14.3. The fourth-order valence-electron chi connectivity index (χ4n) is 7.37. The van der Waals surface area contributed by atoms with E-state index in [2.05, 4.69) is 130 Å². The molecule has 0 saturated heterocycles. The van der Waals surface area contributed by atoms with Gasteiger partial charge in [-0.25, -0.2) is 0 Å². The molecule has 3 aromatic carbocycles. The van der Waals surface area contributed by atoms with Gasteiger partial charge in [-0.05, 0) is 42.8 Å². The first-order chi connectivity index (χ1) is 18.7. The van der Waals surface area contributed by atoms with E-state index in [-0.39, 0.29) is 24.8 Å². The molecular formula is C36H38Cl2NSiZr. The van der Waals surface area contributed by atoms with Crippen LogP contribution in [0, 0.1) is 6.92 Å². The van der Waals surface area contributed by atoms with Gasteiger partial charge in [0, 0.05) is 22.6 Å². The van der Waals surface area contributed by atoms with Gasteiger partial charge in [-0.2, -0.15) is 0 Å². The summed E-state index contributed by atoms with van der Waals surface area (Å²) in [5.41, 5.74) is 16.9. The van der Waals surface area contributed by atoms with Gasteiger partial charge >= 0.3 is 137 Å². The molecule has 4 aliphatic rings. The molecule has 0 fully saturated rings. The summed E-state index contributed by atoms with van der Waals surface area (Å²) in [7, 11) is -1.19. The van der Waals surface area contributed by atoms with E-state index < -0.39 is 8.07 Å².